The van der Waals surface area contributed by atoms with Crippen LogP contribution in [0.1, 0.15) is 34.3 Å². The first-order chi connectivity index (χ1) is 16.5. The molecule has 1 aromatic heterocycles. The van der Waals surface area contributed by atoms with Crippen molar-refractivity contribution in [2.75, 3.05) is 6.61 Å². The lowest BCUT2D eigenvalue weighted by atomic mass is 9.82. The highest BCUT2D eigenvalue weighted by molar-refractivity contribution is 6.31. The van der Waals surface area contributed by atoms with Gasteiger partial charge in [0.05, 0.1) is 10.9 Å². The predicted octanol–water partition coefficient (Wildman–Crippen LogP) is 6.71. The molecule has 0 amide bonds. The van der Waals surface area contributed by atoms with E-state index in [1.165, 1.54) is 12.1 Å². The maximum Gasteiger partial charge on any atom is 0.293 e. The number of aliphatic hydroxyl groups is 1. The minimum atomic E-state index is -0.807. The van der Waals surface area contributed by atoms with Crippen LogP contribution in [0.15, 0.2) is 79.0 Å². The second-order valence-corrected chi connectivity index (χ2v) is 8.68. The Balaban J connectivity index is 1.89. The van der Waals surface area contributed by atoms with Crippen LogP contribution in [-0.4, -0.2) is 23.2 Å². The topological polar surface area (TPSA) is 62.3 Å². The number of carbonyl (C=O) groups excluding carboxylic acids is 1. The second kappa shape index (κ2) is 10.9. The molecule has 0 radical (unpaired) electrons. The maximum atomic E-state index is 14.0. The van der Waals surface area contributed by atoms with Gasteiger partial charge in [-0.25, -0.2) is 4.39 Å². The molecule has 0 saturated carbocycles. The van der Waals surface area contributed by atoms with Crippen LogP contribution < -0.4 is 0 Å². The molecular weight excluding hydrogens is 476 g/mol. The number of nitrogens with one attached hydrogen (secondary N) is 1. The standard InChI is InChI=1S/C27H22Cl2FNO3/c28-21-8-6-17(10-11-32)22(14-21)27(34-16-33)26(19-7-9-24(30)23(29)12-19)20-13-25(31-15-20)18-4-2-1-3-5-18/h1-9,12-16,26-27,31-32H,10-11H2. The number of aliphatic hydroxyl groups excluding tert-OH is 1. The second-order valence-electron chi connectivity index (χ2n) is 7.83. The first-order valence-electron chi connectivity index (χ1n) is 10.7. The molecule has 0 spiro atoms. The highest BCUT2D eigenvalue weighted by atomic mass is 35.5. The van der Waals surface area contributed by atoms with Gasteiger partial charge in [-0.05, 0) is 64.6 Å². The Hall–Kier alpha value is -3.12. The van der Waals surface area contributed by atoms with Crippen LogP contribution in [0.2, 0.25) is 10.0 Å². The van der Waals surface area contributed by atoms with Crippen molar-refractivity contribution in [3.8, 4) is 11.3 Å². The molecule has 34 heavy (non-hydrogen) atoms. The fourth-order valence-electron chi connectivity index (χ4n) is 4.19. The number of H-pyrrole nitrogens is 1. The van der Waals surface area contributed by atoms with Crippen molar-refractivity contribution in [1.82, 2.24) is 4.98 Å². The number of hydrogen-bond acceptors (Lipinski definition) is 3. The van der Waals surface area contributed by atoms with Gasteiger partial charge in [-0.3, -0.25) is 4.79 Å². The lowest BCUT2D eigenvalue weighted by Gasteiger charge is -2.28. The fourth-order valence-corrected chi connectivity index (χ4v) is 4.56. The van der Waals surface area contributed by atoms with E-state index in [1.807, 2.05) is 42.6 Å². The third-order valence-electron chi connectivity index (χ3n) is 5.75. The summed E-state index contributed by atoms with van der Waals surface area (Å²) in [4.78, 5) is 14.9. The van der Waals surface area contributed by atoms with Crippen LogP contribution in [0.3, 0.4) is 0 Å². The van der Waals surface area contributed by atoms with Crippen molar-refractivity contribution < 1.29 is 19.0 Å². The summed E-state index contributed by atoms with van der Waals surface area (Å²) >= 11 is 12.4. The number of hydrogen-bond donors (Lipinski definition) is 2. The minimum Gasteiger partial charge on any atom is -0.459 e. The van der Waals surface area contributed by atoms with E-state index in [0.717, 1.165) is 22.4 Å². The van der Waals surface area contributed by atoms with Gasteiger partial charge in [-0.15, -0.1) is 0 Å². The van der Waals surface area contributed by atoms with Crippen LogP contribution in [0.5, 0.6) is 0 Å². The molecule has 0 aliphatic heterocycles. The smallest absolute Gasteiger partial charge is 0.293 e. The lowest BCUT2D eigenvalue weighted by molar-refractivity contribution is -0.134. The van der Waals surface area contributed by atoms with E-state index in [1.54, 1.807) is 24.3 Å². The van der Waals surface area contributed by atoms with E-state index in [9.17, 15) is 14.3 Å². The van der Waals surface area contributed by atoms with Gasteiger partial charge in [0.2, 0.25) is 0 Å². The zero-order valence-electron chi connectivity index (χ0n) is 18.0. The number of carbonyl (C=O) groups is 1. The van der Waals surface area contributed by atoms with Gasteiger partial charge in [-0.1, -0.05) is 65.7 Å². The lowest BCUT2D eigenvalue weighted by Crippen LogP contribution is -2.18. The van der Waals surface area contributed by atoms with Gasteiger partial charge in [0, 0.05) is 23.5 Å². The molecule has 4 aromatic rings. The summed E-state index contributed by atoms with van der Waals surface area (Å²) in [6.07, 6.45) is 1.38. The SMILES string of the molecule is O=COC(c1cc(Cl)ccc1CCO)C(c1c[nH]c(-c2ccccc2)c1)c1ccc(F)c(Cl)c1. The van der Waals surface area contributed by atoms with Gasteiger partial charge >= 0.3 is 0 Å². The summed E-state index contributed by atoms with van der Waals surface area (Å²) in [5.41, 5.74) is 4.77. The molecule has 2 N–H and O–H groups in total. The summed E-state index contributed by atoms with van der Waals surface area (Å²) in [5.74, 6) is -1.08. The van der Waals surface area contributed by atoms with Gasteiger partial charge in [0.1, 0.15) is 11.9 Å². The molecule has 174 valence electrons. The monoisotopic (exact) mass is 497 g/mol. The number of halogens is 3. The van der Waals surface area contributed by atoms with E-state index in [0.29, 0.717) is 29.0 Å². The molecule has 4 rings (SSSR count). The van der Waals surface area contributed by atoms with Crippen LogP contribution in [-0.2, 0) is 16.0 Å². The fraction of sp³-hybridized carbons (Fsp3) is 0.148. The van der Waals surface area contributed by atoms with Crippen LogP contribution in [0.4, 0.5) is 4.39 Å². The van der Waals surface area contributed by atoms with Crippen LogP contribution >= 0.6 is 23.2 Å². The Morgan fingerprint density at radius 2 is 1.79 bits per heavy atom. The Kier molecular flexibility index (Phi) is 7.68. The summed E-state index contributed by atoms with van der Waals surface area (Å²) < 4.78 is 19.7. The highest BCUT2D eigenvalue weighted by Crippen LogP contribution is 2.43. The van der Waals surface area contributed by atoms with E-state index in [-0.39, 0.29) is 11.6 Å². The molecule has 1 heterocycles. The molecule has 2 unspecified atom stereocenters. The third-order valence-corrected chi connectivity index (χ3v) is 6.28. The molecule has 0 aliphatic rings. The van der Waals surface area contributed by atoms with Gasteiger partial charge in [0.15, 0.2) is 0 Å². The van der Waals surface area contributed by atoms with Crippen molar-refractivity contribution in [3.05, 3.63) is 117 Å². The average Bonchev–Trinajstić information content (AvgIpc) is 3.33. The zero-order valence-corrected chi connectivity index (χ0v) is 19.6. The molecule has 0 saturated heterocycles. The van der Waals surface area contributed by atoms with E-state index in [2.05, 4.69) is 4.98 Å². The van der Waals surface area contributed by atoms with Gasteiger partial charge < -0.3 is 14.8 Å². The van der Waals surface area contributed by atoms with E-state index < -0.39 is 17.8 Å². The summed E-state index contributed by atoms with van der Waals surface area (Å²) in [7, 11) is 0. The average molecular weight is 498 g/mol. The molecule has 0 aliphatic carbocycles. The molecule has 4 nitrogen and oxygen atoms in total. The Morgan fingerprint density at radius 3 is 2.50 bits per heavy atom. The molecule has 2 atom stereocenters. The zero-order chi connectivity index (χ0) is 24.1. The van der Waals surface area contributed by atoms with E-state index >= 15 is 0 Å². The highest BCUT2D eigenvalue weighted by Gasteiger charge is 2.31. The number of aromatic nitrogens is 1. The third kappa shape index (κ3) is 5.17. The first kappa shape index (κ1) is 24.0. The summed E-state index contributed by atoms with van der Waals surface area (Å²) in [6, 6.07) is 21.5. The first-order valence-corrected chi connectivity index (χ1v) is 11.4. The largest absolute Gasteiger partial charge is 0.459 e. The Labute approximate surface area is 206 Å². The summed E-state index contributed by atoms with van der Waals surface area (Å²) in [5, 5.41) is 10.0. The molecule has 3 aromatic carbocycles. The summed E-state index contributed by atoms with van der Waals surface area (Å²) in [6.45, 7) is 0.301. The quantitative estimate of drug-likeness (QED) is 0.252. The normalized spacial score (nSPS) is 12.8. The van der Waals surface area contributed by atoms with Crippen molar-refractivity contribution in [3.63, 3.8) is 0 Å². The molecule has 7 heteroatoms. The molecule has 0 bridgehead atoms. The predicted molar refractivity (Wildman–Crippen MR) is 132 cm³/mol. The number of ether oxygens (including phenoxy) is 1. The Bertz CT molecular complexity index is 1280. The van der Waals surface area contributed by atoms with Crippen molar-refractivity contribution in [2.45, 2.75) is 18.4 Å². The molecular formula is C27H22Cl2FNO3. The van der Waals surface area contributed by atoms with Gasteiger partial charge in [-0.2, -0.15) is 0 Å². The van der Waals surface area contributed by atoms with Crippen molar-refractivity contribution in [2.24, 2.45) is 0 Å². The van der Waals surface area contributed by atoms with E-state index in [4.69, 9.17) is 27.9 Å². The molecule has 0 fully saturated rings. The van der Waals surface area contributed by atoms with Crippen molar-refractivity contribution >= 4 is 29.7 Å². The van der Waals surface area contributed by atoms with Crippen LogP contribution in [0.25, 0.3) is 11.3 Å². The number of benzene rings is 3. The van der Waals surface area contributed by atoms with Crippen LogP contribution in [0, 0.1) is 5.82 Å². The Morgan fingerprint density at radius 1 is 1.00 bits per heavy atom. The van der Waals surface area contributed by atoms with Gasteiger partial charge in [0.25, 0.3) is 6.47 Å². The maximum absolute atomic E-state index is 14.0. The number of rotatable bonds is 9. The number of aromatic amines is 1. The van der Waals surface area contributed by atoms with Crippen molar-refractivity contribution in [1.29, 1.82) is 0 Å². The minimum absolute atomic E-state index is 0.0344.